The van der Waals surface area contributed by atoms with E-state index in [-0.39, 0.29) is 0 Å². The predicted octanol–water partition coefficient (Wildman–Crippen LogP) is 11.6. The first kappa shape index (κ1) is 32.0. The molecule has 0 bridgehead atoms. The zero-order valence-corrected chi connectivity index (χ0v) is 29.4. The van der Waals surface area contributed by atoms with Gasteiger partial charge in [0.1, 0.15) is 11.5 Å². The highest BCUT2D eigenvalue weighted by atomic mass is 16.3. The average Bonchev–Trinajstić information content (AvgIpc) is 3.68. The van der Waals surface area contributed by atoms with Crippen LogP contribution >= 0.6 is 0 Å². The second-order valence-electron chi connectivity index (χ2n) is 13.2. The molecule has 0 spiro atoms. The molecule has 0 amide bonds. The summed E-state index contributed by atoms with van der Waals surface area (Å²) in [5.74, 6) is 2.60. The van der Waals surface area contributed by atoms with Crippen molar-refractivity contribution < 1.29 is 4.42 Å². The lowest BCUT2D eigenvalue weighted by Gasteiger charge is -2.11. The Morgan fingerprint density at radius 2 is 0.873 bits per heavy atom. The molecule has 5 aromatic carbocycles. The van der Waals surface area contributed by atoms with E-state index in [4.69, 9.17) is 24.4 Å². The maximum Gasteiger partial charge on any atom is 0.164 e. The van der Waals surface area contributed by atoms with E-state index < -0.39 is 0 Å². The van der Waals surface area contributed by atoms with Gasteiger partial charge in [-0.25, -0.2) is 19.9 Å². The summed E-state index contributed by atoms with van der Waals surface area (Å²) in [6.45, 7) is 0. The SMILES string of the molecule is c1ccc(-c2nc(-c3ccccc3)nc(-c3ccc(-c4ccc5c(c4)nc(-c4ccccc4)c4oc(-c6cccnc6)c(-c6cccnc6)c45)cc3)n2)cc1. The highest BCUT2D eigenvalue weighted by Gasteiger charge is 2.24. The number of hydrogen-bond donors (Lipinski definition) is 0. The number of aromatic nitrogens is 6. The largest absolute Gasteiger partial charge is 0.453 e. The topological polar surface area (TPSA) is 90.5 Å². The fraction of sp³-hybridized carbons (Fsp3) is 0. The molecule has 5 heterocycles. The number of furan rings is 1. The second-order valence-corrected chi connectivity index (χ2v) is 13.2. The minimum atomic E-state index is 0.613. The molecule has 10 rings (SSSR count). The van der Waals surface area contributed by atoms with E-state index in [9.17, 15) is 0 Å². The van der Waals surface area contributed by atoms with Crippen molar-refractivity contribution in [1.82, 2.24) is 29.9 Å². The van der Waals surface area contributed by atoms with Crippen molar-refractivity contribution in [1.29, 1.82) is 0 Å². The Kier molecular flexibility index (Phi) is 8.00. The molecule has 55 heavy (non-hydrogen) atoms. The van der Waals surface area contributed by atoms with Crippen LogP contribution in [0.15, 0.2) is 187 Å². The third kappa shape index (κ3) is 5.99. The second kappa shape index (κ2) is 13.7. The van der Waals surface area contributed by atoms with Crippen molar-refractivity contribution in [3.63, 3.8) is 0 Å². The summed E-state index contributed by atoms with van der Waals surface area (Å²) in [6, 6.07) is 53.0. The smallest absolute Gasteiger partial charge is 0.164 e. The van der Waals surface area contributed by atoms with Crippen molar-refractivity contribution in [2.75, 3.05) is 0 Å². The number of nitrogens with zero attached hydrogens (tertiary/aromatic N) is 6. The standard InChI is InChI=1S/C48H30N6O/c1-4-12-32(13-5-1)43-45-42(41(37-18-10-26-49-29-37)44(55-45)38-19-11-27-50-30-38)39-25-24-36(28-40(39)51-43)31-20-22-35(23-21-31)48-53-46(33-14-6-2-7-15-33)52-47(54-48)34-16-8-3-9-17-34/h1-30H. The number of benzene rings is 5. The lowest BCUT2D eigenvalue weighted by atomic mass is 9.95. The van der Waals surface area contributed by atoms with Gasteiger partial charge in [-0.2, -0.15) is 0 Å². The van der Waals surface area contributed by atoms with Gasteiger partial charge < -0.3 is 4.42 Å². The zero-order valence-electron chi connectivity index (χ0n) is 29.4. The van der Waals surface area contributed by atoms with Gasteiger partial charge in [-0.1, -0.05) is 133 Å². The summed E-state index contributed by atoms with van der Waals surface area (Å²) in [5.41, 5.74) is 11.0. The highest BCUT2D eigenvalue weighted by Crippen LogP contribution is 2.46. The third-order valence-corrected chi connectivity index (χ3v) is 9.72. The molecule has 0 saturated heterocycles. The van der Waals surface area contributed by atoms with E-state index in [0.29, 0.717) is 17.5 Å². The zero-order chi connectivity index (χ0) is 36.6. The molecule has 258 valence electrons. The van der Waals surface area contributed by atoms with E-state index in [2.05, 4.69) is 70.6 Å². The lowest BCUT2D eigenvalue weighted by molar-refractivity contribution is 0.632. The first-order valence-corrected chi connectivity index (χ1v) is 18.0. The minimum Gasteiger partial charge on any atom is -0.453 e. The summed E-state index contributed by atoms with van der Waals surface area (Å²) in [5, 5.41) is 1.97. The fourth-order valence-corrected chi connectivity index (χ4v) is 7.07. The van der Waals surface area contributed by atoms with Crippen LogP contribution in [-0.2, 0) is 0 Å². The van der Waals surface area contributed by atoms with Gasteiger partial charge in [0, 0.05) is 74.5 Å². The van der Waals surface area contributed by atoms with Gasteiger partial charge in [-0.15, -0.1) is 0 Å². The van der Waals surface area contributed by atoms with Crippen LogP contribution in [0.1, 0.15) is 0 Å². The minimum absolute atomic E-state index is 0.613. The van der Waals surface area contributed by atoms with Crippen molar-refractivity contribution in [2.45, 2.75) is 0 Å². The summed E-state index contributed by atoms with van der Waals surface area (Å²) >= 11 is 0. The van der Waals surface area contributed by atoms with Gasteiger partial charge in [0.2, 0.25) is 0 Å². The van der Waals surface area contributed by atoms with Crippen LogP contribution in [-0.4, -0.2) is 29.9 Å². The van der Waals surface area contributed by atoms with Gasteiger partial charge in [0.25, 0.3) is 0 Å². The number of hydrogen-bond acceptors (Lipinski definition) is 7. The third-order valence-electron chi connectivity index (χ3n) is 9.72. The molecule has 0 fully saturated rings. The molecule has 0 saturated carbocycles. The summed E-state index contributed by atoms with van der Waals surface area (Å²) < 4.78 is 6.83. The molecule has 7 nitrogen and oxygen atoms in total. The molecule has 0 N–H and O–H groups in total. The monoisotopic (exact) mass is 706 g/mol. The molecule has 5 aromatic heterocycles. The Hall–Kier alpha value is -7.64. The van der Waals surface area contributed by atoms with Crippen LogP contribution < -0.4 is 0 Å². The van der Waals surface area contributed by atoms with E-state index in [0.717, 1.165) is 83.4 Å². The van der Waals surface area contributed by atoms with E-state index in [1.807, 2.05) is 109 Å². The first-order chi connectivity index (χ1) is 27.3. The van der Waals surface area contributed by atoms with Crippen molar-refractivity contribution >= 4 is 21.9 Å². The van der Waals surface area contributed by atoms with Gasteiger partial charge >= 0.3 is 0 Å². The molecule has 10 aromatic rings. The Labute approximate surface area is 316 Å². The van der Waals surface area contributed by atoms with Crippen LogP contribution in [0, 0.1) is 0 Å². The normalized spacial score (nSPS) is 11.3. The molecular formula is C48H30N6O. The van der Waals surface area contributed by atoms with Crippen molar-refractivity contribution in [3.05, 3.63) is 183 Å². The molecule has 0 aliphatic carbocycles. The quantitative estimate of drug-likeness (QED) is 0.163. The van der Waals surface area contributed by atoms with Crippen LogP contribution in [0.2, 0.25) is 0 Å². The van der Waals surface area contributed by atoms with Gasteiger partial charge in [-0.3, -0.25) is 9.97 Å². The number of pyridine rings is 3. The number of rotatable bonds is 7. The van der Waals surface area contributed by atoms with Gasteiger partial charge in [0.05, 0.1) is 5.52 Å². The van der Waals surface area contributed by atoms with Crippen molar-refractivity contribution in [3.8, 4) is 79.0 Å². The van der Waals surface area contributed by atoms with Crippen molar-refractivity contribution in [2.24, 2.45) is 0 Å². The van der Waals surface area contributed by atoms with Gasteiger partial charge in [-0.05, 0) is 35.4 Å². The summed E-state index contributed by atoms with van der Waals surface area (Å²) in [7, 11) is 0. The maximum atomic E-state index is 6.83. The Bertz CT molecular complexity index is 2880. The summed E-state index contributed by atoms with van der Waals surface area (Å²) in [6.07, 6.45) is 7.27. The van der Waals surface area contributed by atoms with Crippen LogP contribution in [0.25, 0.3) is 101 Å². The first-order valence-electron chi connectivity index (χ1n) is 18.0. The van der Waals surface area contributed by atoms with E-state index in [1.54, 1.807) is 12.4 Å². The number of fused-ring (bicyclic) bond motifs is 3. The molecular weight excluding hydrogens is 677 g/mol. The Balaban J connectivity index is 1.12. The van der Waals surface area contributed by atoms with Gasteiger partial charge in [0.15, 0.2) is 23.1 Å². The molecule has 0 aliphatic heterocycles. The van der Waals surface area contributed by atoms with Crippen LogP contribution in [0.5, 0.6) is 0 Å². The molecule has 0 aliphatic rings. The van der Waals surface area contributed by atoms with Crippen LogP contribution in [0.4, 0.5) is 0 Å². The average molecular weight is 707 g/mol. The van der Waals surface area contributed by atoms with E-state index >= 15 is 0 Å². The molecule has 0 atom stereocenters. The predicted molar refractivity (Wildman–Crippen MR) is 219 cm³/mol. The fourth-order valence-electron chi connectivity index (χ4n) is 7.07. The molecule has 0 radical (unpaired) electrons. The Morgan fingerprint density at radius 3 is 1.44 bits per heavy atom. The Morgan fingerprint density at radius 1 is 0.382 bits per heavy atom. The van der Waals surface area contributed by atoms with Crippen LogP contribution in [0.3, 0.4) is 0 Å². The highest BCUT2D eigenvalue weighted by molar-refractivity contribution is 6.18. The van der Waals surface area contributed by atoms with E-state index in [1.165, 1.54) is 0 Å². The molecule has 0 unspecified atom stereocenters. The lowest BCUT2D eigenvalue weighted by Crippen LogP contribution is -2.00. The summed E-state index contributed by atoms with van der Waals surface area (Å²) in [4.78, 5) is 28.9. The maximum absolute atomic E-state index is 6.83. The molecule has 7 heteroatoms.